The number of imidazole rings is 1. The van der Waals surface area contributed by atoms with Gasteiger partial charge in [0.1, 0.15) is 0 Å². The first kappa shape index (κ1) is 13.6. The summed E-state index contributed by atoms with van der Waals surface area (Å²) in [6, 6.07) is 18.2. The van der Waals surface area contributed by atoms with Crippen molar-refractivity contribution in [2.45, 2.75) is 12.8 Å². The molecule has 0 aliphatic rings. The van der Waals surface area contributed by atoms with Gasteiger partial charge in [0.15, 0.2) is 11.0 Å². The molecular weight excluding hydrogens is 260 g/mol. The van der Waals surface area contributed by atoms with E-state index in [1.54, 1.807) is 0 Å². The summed E-state index contributed by atoms with van der Waals surface area (Å²) in [5.74, 6) is 0.937. The first-order valence-corrected chi connectivity index (χ1v) is 7.19. The van der Waals surface area contributed by atoms with Gasteiger partial charge in [-0.1, -0.05) is 42.5 Å². The van der Waals surface area contributed by atoms with Crippen molar-refractivity contribution in [3.63, 3.8) is 0 Å². The van der Waals surface area contributed by atoms with E-state index in [4.69, 9.17) is 0 Å². The van der Waals surface area contributed by atoms with E-state index in [1.807, 2.05) is 65.7 Å². The molecule has 0 saturated heterocycles. The van der Waals surface area contributed by atoms with Crippen molar-refractivity contribution in [2.24, 2.45) is 14.1 Å². The number of aryl methyl sites for hydroxylation is 3. The van der Waals surface area contributed by atoms with Crippen molar-refractivity contribution in [1.29, 1.82) is 0 Å². The van der Waals surface area contributed by atoms with Crippen molar-refractivity contribution in [3.05, 3.63) is 66.0 Å². The molecule has 0 amide bonds. The molecule has 0 radical (unpaired) electrons. The summed E-state index contributed by atoms with van der Waals surface area (Å²) in [6.07, 6.45) is 1.31. The van der Waals surface area contributed by atoms with E-state index < -0.39 is 0 Å². The van der Waals surface area contributed by atoms with Gasteiger partial charge in [-0.25, -0.2) is 9.13 Å². The summed E-state index contributed by atoms with van der Waals surface area (Å²) in [6.45, 7) is 0. The van der Waals surface area contributed by atoms with Crippen LogP contribution >= 0.6 is 0 Å². The molecule has 3 aromatic rings. The number of carbonyl (C=O) groups excluding carboxylic acids is 1. The van der Waals surface area contributed by atoms with Crippen LogP contribution < -0.4 is 4.57 Å². The molecule has 0 unspecified atom stereocenters. The second-order valence-electron chi connectivity index (χ2n) is 5.34. The standard InChI is InChI=1S/C18H19N2O/c1-19-15-10-6-7-11-16(15)20(2)18(19)17(21)13-12-14-8-4-3-5-9-14/h3-11H,12-13H2,1-2H3/q+1. The zero-order chi connectivity index (χ0) is 14.8. The second kappa shape index (κ2) is 5.52. The Labute approximate surface area is 124 Å². The van der Waals surface area contributed by atoms with Gasteiger partial charge in [0.2, 0.25) is 5.78 Å². The van der Waals surface area contributed by atoms with Crippen LogP contribution in [0.2, 0.25) is 0 Å². The number of aromatic nitrogens is 2. The number of fused-ring (bicyclic) bond motifs is 1. The molecule has 3 nitrogen and oxygen atoms in total. The minimum absolute atomic E-state index is 0.181. The number of nitrogens with zero attached hydrogens (tertiary/aromatic N) is 2. The largest absolute Gasteiger partial charge is 0.326 e. The van der Waals surface area contributed by atoms with Crippen molar-refractivity contribution < 1.29 is 9.36 Å². The fraction of sp³-hybridized carbons (Fsp3) is 0.222. The summed E-state index contributed by atoms with van der Waals surface area (Å²) in [5.41, 5.74) is 3.37. The van der Waals surface area contributed by atoms with Gasteiger partial charge >= 0.3 is 5.82 Å². The molecule has 106 valence electrons. The Morgan fingerprint density at radius 2 is 1.71 bits per heavy atom. The summed E-state index contributed by atoms with van der Waals surface area (Å²) in [4.78, 5) is 12.6. The number of hydrogen-bond donors (Lipinski definition) is 0. The highest BCUT2D eigenvalue weighted by molar-refractivity contribution is 5.94. The zero-order valence-corrected chi connectivity index (χ0v) is 12.4. The van der Waals surface area contributed by atoms with E-state index in [0.717, 1.165) is 23.3 Å². The number of Topliss-reactive ketones (excluding diaryl/α,β-unsaturated/α-hetero) is 1. The van der Waals surface area contributed by atoms with Crippen LogP contribution in [0, 0.1) is 0 Å². The van der Waals surface area contributed by atoms with E-state index in [9.17, 15) is 4.79 Å². The maximum Gasteiger partial charge on any atom is 0.326 e. The van der Waals surface area contributed by atoms with Crippen molar-refractivity contribution in [1.82, 2.24) is 4.57 Å². The zero-order valence-electron chi connectivity index (χ0n) is 12.4. The molecule has 0 bridgehead atoms. The Morgan fingerprint density at radius 3 is 2.43 bits per heavy atom. The Bertz CT molecular complexity index is 749. The molecule has 0 fully saturated rings. The van der Waals surface area contributed by atoms with Gasteiger partial charge in [-0.3, -0.25) is 4.79 Å². The molecule has 3 heteroatoms. The normalized spacial score (nSPS) is 11.0. The maximum absolute atomic E-state index is 12.6. The van der Waals surface area contributed by atoms with Gasteiger partial charge in [-0.15, -0.1) is 0 Å². The first-order chi connectivity index (χ1) is 10.2. The van der Waals surface area contributed by atoms with E-state index in [2.05, 4.69) is 12.1 Å². The highest BCUT2D eigenvalue weighted by Crippen LogP contribution is 2.14. The lowest BCUT2D eigenvalue weighted by atomic mass is 10.1. The smallest absolute Gasteiger partial charge is 0.286 e. The third kappa shape index (κ3) is 2.47. The quantitative estimate of drug-likeness (QED) is 0.532. The fourth-order valence-corrected chi connectivity index (χ4v) is 2.87. The topological polar surface area (TPSA) is 25.9 Å². The number of benzene rings is 2. The lowest BCUT2D eigenvalue weighted by molar-refractivity contribution is -0.647. The van der Waals surface area contributed by atoms with Crippen LogP contribution in [0.1, 0.15) is 22.6 Å². The predicted molar refractivity (Wildman–Crippen MR) is 83.2 cm³/mol. The number of hydrogen-bond acceptors (Lipinski definition) is 1. The molecule has 1 heterocycles. The summed E-state index contributed by atoms with van der Waals surface area (Å²) in [5, 5.41) is 0. The lowest BCUT2D eigenvalue weighted by Gasteiger charge is -2.00. The van der Waals surface area contributed by atoms with E-state index in [0.29, 0.717) is 6.42 Å². The highest BCUT2D eigenvalue weighted by Gasteiger charge is 2.25. The lowest BCUT2D eigenvalue weighted by Crippen LogP contribution is -2.35. The molecule has 0 N–H and O–H groups in total. The van der Waals surface area contributed by atoms with Gasteiger partial charge < -0.3 is 0 Å². The van der Waals surface area contributed by atoms with Crippen LogP contribution in [0.3, 0.4) is 0 Å². The van der Waals surface area contributed by atoms with Crippen molar-refractivity contribution >= 4 is 16.8 Å². The van der Waals surface area contributed by atoms with E-state index >= 15 is 0 Å². The van der Waals surface area contributed by atoms with Crippen LogP contribution in [0.4, 0.5) is 0 Å². The summed E-state index contributed by atoms with van der Waals surface area (Å²) in [7, 11) is 3.91. The van der Waals surface area contributed by atoms with Gasteiger partial charge in [0.05, 0.1) is 14.1 Å². The molecule has 0 spiro atoms. The number of rotatable bonds is 4. The van der Waals surface area contributed by atoms with Gasteiger partial charge in [-0.2, -0.15) is 0 Å². The number of para-hydroxylation sites is 2. The summed E-state index contributed by atoms with van der Waals surface area (Å²) < 4.78 is 3.98. The number of ketones is 1. The molecule has 0 saturated carbocycles. The molecule has 1 aromatic heterocycles. The molecule has 0 atom stereocenters. The first-order valence-electron chi connectivity index (χ1n) is 7.19. The van der Waals surface area contributed by atoms with Gasteiger partial charge in [0.25, 0.3) is 0 Å². The van der Waals surface area contributed by atoms with Crippen molar-refractivity contribution in [2.75, 3.05) is 0 Å². The minimum atomic E-state index is 0.181. The third-order valence-corrected chi connectivity index (χ3v) is 3.97. The molecule has 0 aliphatic heterocycles. The molecule has 0 aliphatic carbocycles. The van der Waals surface area contributed by atoms with Crippen LogP contribution in [-0.2, 0) is 20.5 Å². The minimum Gasteiger partial charge on any atom is -0.286 e. The SMILES string of the molecule is Cn1c(C(=O)CCc2ccccc2)[n+](C)c2ccccc21. The molecule has 3 rings (SSSR count). The van der Waals surface area contributed by atoms with Crippen molar-refractivity contribution in [3.8, 4) is 0 Å². The molecule has 21 heavy (non-hydrogen) atoms. The van der Waals surface area contributed by atoms with E-state index in [-0.39, 0.29) is 5.78 Å². The monoisotopic (exact) mass is 279 g/mol. The Kier molecular flexibility index (Phi) is 3.57. The molecular formula is C18H19N2O+. The average Bonchev–Trinajstić information content (AvgIpc) is 2.78. The molecule has 2 aromatic carbocycles. The fourth-order valence-electron chi connectivity index (χ4n) is 2.87. The van der Waals surface area contributed by atoms with Crippen LogP contribution in [0.15, 0.2) is 54.6 Å². The third-order valence-electron chi connectivity index (χ3n) is 3.97. The second-order valence-corrected chi connectivity index (χ2v) is 5.34. The van der Waals surface area contributed by atoms with Gasteiger partial charge in [0, 0.05) is 6.42 Å². The number of carbonyl (C=O) groups is 1. The Balaban J connectivity index is 1.88. The average molecular weight is 279 g/mol. The Hall–Kier alpha value is -2.42. The predicted octanol–water partition coefficient (Wildman–Crippen LogP) is 2.82. The van der Waals surface area contributed by atoms with E-state index in [1.165, 1.54) is 5.56 Å². The van der Waals surface area contributed by atoms with Crippen LogP contribution in [0.25, 0.3) is 11.0 Å². The highest BCUT2D eigenvalue weighted by atomic mass is 16.1. The van der Waals surface area contributed by atoms with Crippen LogP contribution in [0.5, 0.6) is 0 Å². The summed E-state index contributed by atoms with van der Waals surface area (Å²) >= 11 is 0. The van der Waals surface area contributed by atoms with Gasteiger partial charge in [-0.05, 0) is 24.1 Å². The Morgan fingerprint density at radius 1 is 1.05 bits per heavy atom. The van der Waals surface area contributed by atoms with Crippen LogP contribution in [-0.4, -0.2) is 10.4 Å². The maximum atomic E-state index is 12.6.